The van der Waals surface area contributed by atoms with Gasteiger partial charge >= 0.3 is 5.97 Å². The van der Waals surface area contributed by atoms with Gasteiger partial charge in [0, 0.05) is 25.6 Å². The second-order valence-corrected chi connectivity index (χ2v) is 6.99. The number of aliphatic carboxylic acids is 1. The van der Waals surface area contributed by atoms with E-state index < -0.39 is 11.4 Å². The first-order chi connectivity index (χ1) is 11.1. The summed E-state index contributed by atoms with van der Waals surface area (Å²) in [5.41, 5.74) is 1.55. The van der Waals surface area contributed by atoms with Crippen LogP contribution in [-0.2, 0) is 20.7 Å². The number of carboxylic acid groups (broad SMARTS) is 1. The van der Waals surface area contributed by atoms with Gasteiger partial charge in [-0.1, -0.05) is 24.3 Å². The normalized spacial score (nSPS) is 32.4. The second-order valence-electron chi connectivity index (χ2n) is 6.99. The van der Waals surface area contributed by atoms with Crippen molar-refractivity contribution < 1.29 is 19.4 Å². The van der Waals surface area contributed by atoms with Gasteiger partial charge in [-0.25, -0.2) is 0 Å². The number of benzene rings is 1. The van der Waals surface area contributed by atoms with E-state index in [9.17, 15) is 14.7 Å². The minimum atomic E-state index is -0.813. The minimum Gasteiger partial charge on any atom is -0.481 e. The topological polar surface area (TPSA) is 66.8 Å². The van der Waals surface area contributed by atoms with Gasteiger partial charge in [-0.2, -0.15) is 0 Å². The van der Waals surface area contributed by atoms with E-state index in [-0.39, 0.29) is 17.7 Å². The fraction of sp³-hybridized carbons (Fsp3) is 0.556. The third-order valence-electron chi connectivity index (χ3n) is 5.88. The number of nitrogens with zero attached hydrogens (tertiary/aromatic N) is 1. The summed E-state index contributed by atoms with van der Waals surface area (Å²) < 4.78 is 5.47. The van der Waals surface area contributed by atoms with Crippen molar-refractivity contribution in [2.75, 3.05) is 26.3 Å². The van der Waals surface area contributed by atoms with Gasteiger partial charge in [0.15, 0.2) is 0 Å². The van der Waals surface area contributed by atoms with Crippen LogP contribution in [-0.4, -0.2) is 48.2 Å². The number of aryl methyl sites for hydroxylation is 1. The highest BCUT2D eigenvalue weighted by molar-refractivity contribution is 5.87. The molecule has 0 spiro atoms. The first-order valence-corrected chi connectivity index (χ1v) is 8.29. The summed E-state index contributed by atoms with van der Waals surface area (Å²) in [6.07, 6.45) is 2.25. The molecule has 2 heterocycles. The van der Waals surface area contributed by atoms with Crippen molar-refractivity contribution >= 4 is 11.9 Å². The number of rotatable bonds is 2. The summed E-state index contributed by atoms with van der Waals surface area (Å²) in [7, 11) is 0. The molecule has 0 saturated carbocycles. The number of likely N-dealkylation sites (tertiary alicyclic amines) is 1. The van der Waals surface area contributed by atoms with Crippen LogP contribution in [0.25, 0.3) is 0 Å². The fourth-order valence-corrected chi connectivity index (χ4v) is 4.50. The van der Waals surface area contributed by atoms with Gasteiger partial charge in [0.2, 0.25) is 5.91 Å². The van der Waals surface area contributed by atoms with Crippen LogP contribution in [0.2, 0.25) is 0 Å². The lowest BCUT2D eigenvalue weighted by atomic mass is 9.74. The zero-order valence-electron chi connectivity index (χ0n) is 13.0. The van der Waals surface area contributed by atoms with Crippen molar-refractivity contribution in [2.24, 2.45) is 11.3 Å². The summed E-state index contributed by atoms with van der Waals surface area (Å²) in [6.45, 7) is 1.74. The Kier molecular flexibility index (Phi) is 3.41. The summed E-state index contributed by atoms with van der Waals surface area (Å²) in [5.74, 6) is -0.898. The summed E-state index contributed by atoms with van der Waals surface area (Å²) in [5, 5.41) is 9.73. The molecule has 0 bridgehead atoms. The Balaban J connectivity index is 1.58. The molecule has 4 rings (SSSR count). The maximum Gasteiger partial charge on any atom is 0.311 e. The molecule has 1 amide bonds. The lowest BCUT2D eigenvalue weighted by Crippen LogP contribution is -2.45. The van der Waals surface area contributed by atoms with E-state index in [1.165, 1.54) is 5.56 Å². The Morgan fingerprint density at radius 2 is 2.13 bits per heavy atom. The van der Waals surface area contributed by atoms with Gasteiger partial charge in [-0.15, -0.1) is 0 Å². The van der Waals surface area contributed by atoms with Crippen LogP contribution in [0.4, 0.5) is 0 Å². The molecule has 2 saturated heterocycles. The van der Waals surface area contributed by atoms with Crippen molar-refractivity contribution in [1.29, 1.82) is 0 Å². The molecular weight excluding hydrogens is 294 g/mol. The fourth-order valence-electron chi connectivity index (χ4n) is 4.50. The maximum absolute atomic E-state index is 13.0. The number of fused-ring (bicyclic) bond motifs is 2. The van der Waals surface area contributed by atoms with Crippen molar-refractivity contribution in [3.8, 4) is 0 Å². The van der Waals surface area contributed by atoms with E-state index in [0.29, 0.717) is 32.7 Å². The summed E-state index contributed by atoms with van der Waals surface area (Å²) in [4.78, 5) is 26.6. The van der Waals surface area contributed by atoms with E-state index in [1.54, 1.807) is 4.90 Å². The molecule has 5 nitrogen and oxygen atoms in total. The van der Waals surface area contributed by atoms with E-state index in [0.717, 1.165) is 18.4 Å². The molecule has 23 heavy (non-hydrogen) atoms. The summed E-state index contributed by atoms with van der Waals surface area (Å²) in [6, 6.07) is 8.09. The second kappa shape index (κ2) is 5.34. The van der Waals surface area contributed by atoms with Gasteiger partial charge in [0.05, 0.1) is 17.9 Å². The highest BCUT2D eigenvalue weighted by Gasteiger charge is 2.55. The molecule has 122 valence electrons. The lowest BCUT2D eigenvalue weighted by Gasteiger charge is -2.33. The molecule has 0 aromatic heterocycles. The highest BCUT2D eigenvalue weighted by Crippen LogP contribution is 2.44. The van der Waals surface area contributed by atoms with Gasteiger partial charge in [0.1, 0.15) is 0 Å². The zero-order valence-corrected chi connectivity index (χ0v) is 13.0. The molecule has 3 aliphatic rings. The van der Waals surface area contributed by atoms with Gasteiger partial charge in [-0.05, 0) is 30.4 Å². The monoisotopic (exact) mass is 315 g/mol. The number of carbonyl (C=O) groups is 2. The van der Waals surface area contributed by atoms with E-state index >= 15 is 0 Å². The molecule has 1 aliphatic carbocycles. The molecule has 2 aliphatic heterocycles. The lowest BCUT2D eigenvalue weighted by molar-refractivity contribution is -0.157. The third kappa shape index (κ3) is 2.17. The van der Waals surface area contributed by atoms with Gasteiger partial charge < -0.3 is 14.7 Å². The molecule has 1 N–H and O–H groups in total. The van der Waals surface area contributed by atoms with E-state index in [1.807, 2.05) is 18.2 Å². The molecule has 5 heteroatoms. The van der Waals surface area contributed by atoms with Crippen LogP contribution in [0.3, 0.4) is 0 Å². The predicted octanol–water partition coefficient (Wildman–Crippen LogP) is 1.67. The minimum absolute atomic E-state index is 0.0879. The number of carbonyl (C=O) groups excluding carboxylic acids is 1. The molecule has 1 unspecified atom stereocenters. The average molecular weight is 315 g/mol. The van der Waals surface area contributed by atoms with E-state index in [2.05, 4.69) is 6.07 Å². The summed E-state index contributed by atoms with van der Waals surface area (Å²) >= 11 is 0. The Bertz CT molecular complexity index is 658. The van der Waals surface area contributed by atoms with Crippen molar-refractivity contribution in [2.45, 2.75) is 25.2 Å². The number of hydrogen-bond acceptors (Lipinski definition) is 3. The van der Waals surface area contributed by atoms with Gasteiger partial charge in [0.25, 0.3) is 0 Å². The van der Waals surface area contributed by atoms with Crippen LogP contribution in [0.15, 0.2) is 24.3 Å². The van der Waals surface area contributed by atoms with Crippen molar-refractivity contribution in [1.82, 2.24) is 4.90 Å². The number of amides is 1. The largest absolute Gasteiger partial charge is 0.481 e. The molecule has 0 radical (unpaired) electrons. The standard InChI is InChI=1S/C18H21NO4/c20-16(15-6-5-12-3-1-2-4-14(12)15)19-9-13-10-23-8-7-18(13,11-19)17(21)22/h1-4,13,15H,5-11H2,(H,21,22)/t13-,15?,18+/m0/s1. The quantitative estimate of drug-likeness (QED) is 0.901. The third-order valence-corrected chi connectivity index (χ3v) is 5.88. The Labute approximate surface area is 135 Å². The van der Waals surface area contributed by atoms with Crippen molar-refractivity contribution in [3.05, 3.63) is 35.4 Å². The molecular formula is C18H21NO4. The van der Waals surface area contributed by atoms with Crippen molar-refractivity contribution in [3.63, 3.8) is 0 Å². The Hall–Kier alpha value is -1.88. The predicted molar refractivity (Wildman–Crippen MR) is 83.1 cm³/mol. The zero-order chi connectivity index (χ0) is 16.0. The molecule has 1 aromatic rings. The van der Waals surface area contributed by atoms with Crippen LogP contribution in [0, 0.1) is 11.3 Å². The highest BCUT2D eigenvalue weighted by atomic mass is 16.5. The first-order valence-electron chi connectivity index (χ1n) is 8.29. The number of ether oxygens (including phenoxy) is 1. The SMILES string of the molecule is O=C(C1CCc2ccccc21)N1C[C@H]2COCC[C@@]2(C(=O)O)C1. The molecule has 2 fully saturated rings. The Morgan fingerprint density at radius 3 is 2.91 bits per heavy atom. The smallest absolute Gasteiger partial charge is 0.311 e. The van der Waals surface area contributed by atoms with Crippen LogP contribution in [0.5, 0.6) is 0 Å². The molecule has 3 atom stereocenters. The first kappa shape index (κ1) is 14.7. The molecule has 1 aromatic carbocycles. The van der Waals surface area contributed by atoms with Crippen LogP contribution < -0.4 is 0 Å². The van der Waals surface area contributed by atoms with E-state index in [4.69, 9.17) is 4.74 Å². The maximum atomic E-state index is 13.0. The number of carboxylic acids is 1. The Morgan fingerprint density at radius 1 is 1.30 bits per heavy atom. The van der Waals surface area contributed by atoms with Crippen LogP contribution >= 0.6 is 0 Å². The van der Waals surface area contributed by atoms with Gasteiger partial charge in [-0.3, -0.25) is 9.59 Å². The average Bonchev–Trinajstić information content (AvgIpc) is 3.16. The van der Waals surface area contributed by atoms with Crippen LogP contribution in [0.1, 0.15) is 29.9 Å². The number of hydrogen-bond donors (Lipinski definition) is 1.